The lowest BCUT2D eigenvalue weighted by Gasteiger charge is -1.92. The summed E-state index contributed by atoms with van der Waals surface area (Å²) in [5, 5.41) is 16.3. The van der Waals surface area contributed by atoms with Gasteiger partial charge in [-0.25, -0.2) is 15.5 Å². The topological polar surface area (TPSA) is 94.6 Å². The summed E-state index contributed by atoms with van der Waals surface area (Å²) in [4.78, 5) is 16.3. The Hall–Kier alpha value is -1.53. The largest absolute Gasteiger partial charge is 0.477 e. The normalized spacial score (nSPS) is 9.55. The third-order valence-electron chi connectivity index (χ3n) is 1.08. The molecule has 0 fully saturated rings. The van der Waals surface area contributed by atoms with E-state index >= 15 is 0 Å². The molecule has 11 heavy (non-hydrogen) atoms. The second-order valence-corrected chi connectivity index (χ2v) is 1.80. The maximum absolute atomic E-state index is 10.3. The molecule has 6 nitrogen and oxygen atoms in total. The van der Waals surface area contributed by atoms with E-state index in [4.69, 9.17) is 10.4 Å². The van der Waals surface area contributed by atoms with Crippen LogP contribution in [0.2, 0.25) is 0 Å². The summed E-state index contributed by atoms with van der Waals surface area (Å²) in [6.07, 6.45) is 1.35. The number of anilines is 1. The first-order valence-corrected chi connectivity index (χ1v) is 2.72. The second-order valence-electron chi connectivity index (χ2n) is 1.80. The van der Waals surface area contributed by atoms with Crippen molar-refractivity contribution in [2.45, 2.75) is 0 Å². The van der Waals surface area contributed by atoms with Gasteiger partial charge in [0.05, 0.1) is 5.69 Å². The van der Waals surface area contributed by atoms with Gasteiger partial charge in [0.1, 0.15) is 5.69 Å². The molecule has 0 aliphatic heterocycles. The molecule has 0 unspecified atom stereocenters. The highest BCUT2D eigenvalue weighted by atomic mass is 17.2. The summed E-state index contributed by atoms with van der Waals surface area (Å²) in [6, 6.07) is 1.28. The lowest BCUT2D eigenvalue weighted by Crippen LogP contribution is -1.95. The third-order valence-corrected chi connectivity index (χ3v) is 1.08. The minimum atomic E-state index is -1.07. The van der Waals surface area contributed by atoms with Gasteiger partial charge in [-0.3, -0.25) is 0 Å². The molecule has 0 saturated carbocycles. The number of carboxylic acids is 1. The first-order chi connectivity index (χ1) is 5.24. The Labute approximate surface area is 61.3 Å². The zero-order valence-electron chi connectivity index (χ0n) is 5.37. The molecule has 0 radical (unpaired) electrons. The predicted molar refractivity (Wildman–Crippen MR) is 35.1 cm³/mol. The number of rotatable bonds is 3. The van der Waals surface area contributed by atoms with Crippen molar-refractivity contribution in [1.29, 1.82) is 0 Å². The molecule has 0 bridgehead atoms. The first kappa shape index (κ1) is 7.58. The van der Waals surface area contributed by atoms with Gasteiger partial charge < -0.3 is 10.1 Å². The summed E-state index contributed by atoms with van der Waals surface area (Å²) in [5.41, 5.74) is 2.40. The Morgan fingerprint density at radius 1 is 1.73 bits per heavy atom. The zero-order chi connectivity index (χ0) is 8.27. The van der Waals surface area contributed by atoms with Gasteiger partial charge in [-0.1, -0.05) is 0 Å². The maximum atomic E-state index is 10.3. The van der Waals surface area contributed by atoms with Gasteiger partial charge >= 0.3 is 5.97 Å². The smallest absolute Gasteiger partial charge is 0.352 e. The van der Waals surface area contributed by atoms with E-state index in [2.05, 4.69) is 9.97 Å². The molecule has 0 saturated heterocycles. The quantitative estimate of drug-likeness (QED) is 0.380. The Morgan fingerprint density at radius 3 is 2.91 bits per heavy atom. The number of H-pyrrole nitrogens is 1. The van der Waals surface area contributed by atoms with E-state index in [1.807, 2.05) is 5.48 Å². The van der Waals surface area contributed by atoms with Gasteiger partial charge in [0.15, 0.2) is 0 Å². The van der Waals surface area contributed by atoms with Crippen LogP contribution in [0.1, 0.15) is 10.5 Å². The molecule has 6 heteroatoms. The van der Waals surface area contributed by atoms with Crippen LogP contribution in [0.15, 0.2) is 12.3 Å². The molecular formula is C5H6N2O4. The fourth-order valence-corrected chi connectivity index (χ4v) is 0.629. The molecule has 1 aromatic rings. The number of aromatic amines is 1. The first-order valence-electron chi connectivity index (χ1n) is 2.72. The number of hydrogen-bond acceptors (Lipinski definition) is 4. The molecule has 0 aliphatic rings. The maximum Gasteiger partial charge on any atom is 0.352 e. The highest BCUT2D eigenvalue weighted by Crippen LogP contribution is 2.08. The molecule has 0 aliphatic carbocycles. The van der Waals surface area contributed by atoms with Crippen molar-refractivity contribution in [3.63, 3.8) is 0 Å². The van der Waals surface area contributed by atoms with Crippen LogP contribution in [0.25, 0.3) is 0 Å². The molecular weight excluding hydrogens is 152 g/mol. The molecule has 1 aromatic heterocycles. The van der Waals surface area contributed by atoms with Crippen LogP contribution in [-0.4, -0.2) is 21.3 Å². The van der Waals surface area contributed by atoms with Crippen LogP contribution in [0.5, 0.6) is 0 Å². The van der Waals surface area contributed by atoms with Crippen molar-refractivity contribution in [2.75, 3.05) is 5.48 Å². The molecule has 0 atom stereocenters. The van der Waals surface area contributed by atoms with Crippen molar-refractivity contribution in [3.05, 3.63) is 18.0 Å². The van der Waals surface area contributed by atoms with E-state index in [0.717, 1.165) is 0 Å². The SMILES string of the molecule is O=C(O)c1cc(NOO)c[nH]1. The number of aromatic carboxylic acids is 1. The minimum absolute atomic E-state index is 0.0181. The summed E-state index contributed by atoms with van der Waals surface area (Å²) < 4.78 is 0. The Kier molecular flexibility index (Phi) is 2.09. The van der Waals surface area contributed by atoms with Crippen LogP contribution in [-0.2, 0) is 4.99 Å². The average Bonchev–Trinajstić information content (AvgIpc) is 2.37. The van der Waals surface area contributed by atoms with Crippen LogP contribution >= 0.6 is 0 Å². The number of carbonyl (C=O) groups is 1. The lowest BCUT2D eigenvalue weighted by atomic mass is 10.4. The summed E-state index contributed by atoms with van der Waals surface area (Å²) in [6.45, 7) is 0. The van der Waals surface area contributed by atoms with E-state index in [1.54, 1.807) is 0 Å². The van der Waals surface area contributed by atoms with Crippen molar-refractivity contribution < 1.29 is 20.1 Å². The van der Waals surface area contributed by atoms with Crippen LogP contribution in [0, 0.1) is 0 Å². The Morgan fingerprint density at radius 2 is 2.45 bits per heavy atom. The van der Waals surface area contributed by atoms with Gasteiger partial charge in [-0.2, -0.15) is 0 Å². The van der Waals surface area contributed by atoms with Gasteiger partial charge in [-0.05, 0) is 6.07 Å². The molecule has 60 valence electrons. The highest BCUT2D eigenvalue weighted by molar-refractivity contribution is 5.86. The number of hydrogen-bond donors (Lipinski definition) is 4. The number of nitrogens with one attached hydrogen (secondary N) is 2. The van der Waals surface area contributed by atoms with Gasteiger partial charge in [0.2, 0.25) is 0 Å². The zero-order valence-corrected chi connectivity index (χ0v) is 5.37. The molecule has 4 N–H and O–H groups in total. The molecule has 0 spiro atoms. The van der Waals surface area contributed by atoms with Gasteiger partial charge in [-0.15, -0.1) is 4.99 Å². The van der Waals surface area contributed by atoms with E-state index < -0.39 is 5.97 Å². The van der Waals surface area contributed by atoms with Crippen molar-refractivity contribution >= 4 is 11.7 Å². The fourth-order valence-electron chi connectivity index (χ4n) is 0.629. The molecule has 0 aromatic carbocycles. The summed E-state index contributed by atoms with van der Waals surface area (Å²) >= 11 is 0. The van der Waals surface area contributed by atoms with E-state index in [-0.39, 0.29) is 5.69 Å². The van der Waals surface area contributed by atoms with Crippen LogP contribution in [0.4, 0.5) is 5.69 Å². The molecule has 1 rings (SSSR count). The van der Waals surface area contributed by atoms with Crippen molar-refractivity contribution in [1.82, 2.24) is 4.98 Å². The lowest BCUT2D eigenvalue weighted by molar-refractivity contribution is -0.215. The van der Waals surface area contributed by atoms with Crippen molar-refractivity contribution in [2.24, 2.45) is 0 Å². The van der Waals surface area contributed by atoms with E-state index in [9.17, 15) is 4.79 Å². The van der Waals surface area contributed by atoms with Crippen LogP contribution in [0.3, 0.4) is 0 Å². The van der Waals surface area contributed by atoms with Gasteiger partial charge in [0, 0.05) is 6.20 Å². The minimum Gasteiger partial charge on any atom is -0.477 e. The number of aromatic nitrogens is 1. The predicted octanol–water partition coefficient (Wildman–Crippen LogP) is 0.529. The van der Waals surface area contributed by atoms with E-state index in [1.165, 1.54) is 12.3 Å². The summed E-state index contributed by atoms with van der Waals surface area (Å²) in [5.74, 6) is -1.07. The molecule has 0 amide bonds. The monoisotopic (exact) mass is 158 g/mol. The average molecular weight is 158 g/mol. The second kappa shape index (κ2) is 3.04. The summed E-state index contributed by atoms with van der Waals surface area (Å²) in [7, 11) is 0. The Bertz CT molecular complexity index is 257. The van der Waals surface area contributed by atoms with E-state index in [0.29, 0.717) is 5.69 Å². The standard InChI is InChI=1S/C5H6N2O4/c8-5(9)4-1-3(2-6-4)7-11-10/h1-2,6-7,10H,(H,8,9). The fraction of sp³-hybridized carbons (Fsp3) is 0. The van der Waals surface area contributed by atoms with Gasteiger partial charge in [0.25, 0.3) is 0 Å². The number of carboxylic acid groups (broad SMARTS) is 1. The molecule has 1 heterocycles. The van der Waals surface area contributed by atoms with Crippen LogP contribution < -0.4 is 5.48 Å². The highest BCUT2D eigenvalue weighted by Gasteiger charge is 2.04. The third kappa shape index (κ3) is 1.69. The van der Waals surface area contributed by atoms with Crippen molar-refractivity contribution in [3.8, 4) is 0 Å². The Balaban J connectivity index is 2.73.